The maximum Gasteiger partial charge on any atom is 0.0507 e. The molecule has 0 amide bonds. The molecule has 13 aromatic carbocycles. The molecule has 1 saturated carbocycles. The van der Waals surface area contributed by atoms with Crippen LogP contribution in [0.25, 0.3) is 11.1 Å². The van der Waals surface area contributed by atoms with Crippen molar-refractivity contribution in [3.05, 3.63) is 455 Å². The van der Waals surface area contributed by atoms with Crippen LogP contribution >= 0.6 is 0 Å². The van der Waals surface area contributed by atoms with Gasteiger partial charge in [-0.3, -0.25) is 0 Å². The quantitative estimate of drug-likeness (QED) is 0.108. The summed E-state index contributed by atoms with van der Waals surface area (Å²) in [5, 5.41) is 0. The van der Waals surface area contributed by atoms with Crippen molar-refractivity contribution in [1.29, 1.82) is 0 Å². The molecule has 0 radical (unpaired) electrons. The van der Waals surface area contributed by atoms with E-state index in [1.54, 1.807) is 0 Å². The zero-order chi connectivity index (χ0) is 56.3. The Labute approximate surface area is 495 Å². The van der Waals surface area contributed by atoms with Crippen LogP contribution in [0.15, 0.2) is 388 Å². The normalized spacial score (nSPS) is 16.0. The molecule has 13 aromatic rings. The third-order valence-electron chi connectivity index (χ3n) is 19.1. The Bertz CT molecular complexity index is 3860. The van der Waals surface area contributed by atoms with Crippen LogP contribution < -0.4 is 0 Å². The summed E-state index contributed by atoms with van der Waals surface area (Å²) in [6, 6.07) is 150. The van der Waals surface area contributed by atoms with Crippen molar-refractivity contribution in [3.63, 3.8) is 0 Å². The Morgan fingerprint density at radius 1 is 0.119 bits per heavy atom. The number of hydrogen-bond acceptors (Lipinski definition) is 0. The molecule has 0 saturated heterocycles. The molecule has 0 nitrogen and oxygen atoms in total. The van der Waals surface area contributed by atoms with E-state index in [0.717, 1.165) is 38.9 Å². The third kappa shape index (κ3) is 7.01. The first-order valence-corrected chi connectivity index (χ1v) is 29.5. The molecule has 0 unspecified atom stereocenters. The van der Waals surface area contributed by atoms with Gasteiger partial charge in [0.2, 0.25) is 0 Å². The summed E-state index contributed by atoms with van der Waals surface area (Å²) < 4.78 is 0. The lowest BCUT2D eigenvalue weighted by Crippen LogP contribution is -2.88. The highest BCUT2D eigenvalue weighted by Gasteiger charge is 2.91. The zero-order valence-corrected chi connectivity index (χ0v) is 47.0. The average molecular weight is 1070 g/mol. The molecule has 0 aromatic heterocycles. The van der Waals surface area contributed by atoms with Crippen molar-refractivity contribution in [1.82, 2.24) is 0 Å². The van der Waals surface area contributed by atoms with Crippen LogP contribution in [0, 0.1) is 0 Å². The Morgan fingerprint density at radius 2 is 0.262 bits per heavy atom. The monoisotopic (exact) mass is 1070 g/mol. The molecule has 0 bridgehead atoms. The van der Waals surface area contributed by atoms with E-state index in [1.165, 1.54) is 38.9 Å². The first-order valence-electron chi connectivity index (χ1n) is 29.5. The summed E-state index contributed by atoms with van der Waals surface area (Å²) in [6.45, 7) is 0. The van der Waals surface area contributed by atoms with Crippen LogP contribution in [0.3, 0.4) is 0 Å². The van der Waals surface area contributed by atoms with E-state index in [1.807, 2.05) is 0 Å². The van der Waals surface area contributed by atoms with Gasteiger partial charge in [-0.25, -0.2) is 0 Å². The first-order chi connectivity index (χ1) is 41.7. The van der Waals surface area contributed by atoms with Gasteiger partial charge in [0.15, 0.2) is 0 Å². The van der Waals surface area contributed by atoms with E-state index >= 15 is 0 Å². The Morgan fingerprint density at radius 3 is 0.464 bits per heavy atom. The van der Waals surface area contributed by atoms with Crippen LogP contribution in [-0.2, 0) is 32.5 Å². The fourth-order valence-corrected chi connectivity index (χ4v) is 17.1. The minimum absolute atomic E-state index is 1.13. The van der Waals surface area contributed by atoms with Gasteiger partial charge in [0.05, 0.1) is 32.5 Å². The van der Waals surface area contributed by atoms with Gasteiger partial charge < -0.3 is 0 Å². The van der Waals surface area contributed by atoms with E-state index in [-0.39, 0.29) is 0 Å². The van der Waals surface area contributed by atoms with Crippen LogP contribution in [0.2, 0.25) is 0 Å². The van der Waals surface area contributed by atoms with E-state index in [2.05, 4.69) is 388 Å². The Hall–Kier alpha value is -10.1. The summed E-state index contributed by atoms with van der Waals surface area (Å²) in [4.78, 5) is 0. The number of rotatable bonds is 13. The van der Waals surface area contributed by atoms with Crippen LogP contribution in [0.4, 0.5) is 0 Å². The van der Waals surface area contributed by atoms with E-state index in [4.69, 9.17) is 0 Å². The van der Waals surface area contributed by atoms with Gasteiger partial charge in [-0.05, 0) is 77.9 Å². The SMILES string of the molecule is c1ccc(-c2ccccc2C2(c3ccccc3)C(c3ccccc3)(c3ccccc3)C(c3ccccc3)(c3ccccc3)C(c3ccccc3)(c3ccccc3)C(c3ccccc3)(c3ccccc3)C2(c2ccccc2)c2ccccc2)cc1. The zero-order valence-electron chi connectivity index (χ0n) is 47.0. The summed E-state index contributed by atoms with van der Waals surface area (Å²) in [7, 11) is 0. The van der Waals surface area contributed by atoms with Crippen LogP contribution in [-0.4, -0.2) is 0 Å². The summed E-state index contributed by atoms with van der Waals surface area (Å²) in [5.41, 5.74) is 8.67. The topological polar surface area (TPSA) is 0 Å². The second-order valence-corrected chi connectivity index (χ2v) is 22.4. The summed E-state index contributed by atoms with van der Waals surface area (Å²) >= 11 is 0. The van der Waals surface area contributed by atoms with Gasteiger partial charge in [0.1, 0.15) is 0 Å². The minimum atomic E-state index is -1.30. The van der Waals surface area contributed by atoms with Crippen molar-refractivity contribution in [2.24, 2.45) is 0 Å². The molecule has 0 atom stereocenters. The standard InChI is InChI=1S/C84H64/c1-13-39-65(40-14-1)77-63-37-38-64-78(77)84(76-61-35-12-36-62-76)82(72-53-27-8-28-54-72,73-55-29-9-30-56-73)80(68-45-19-4-20-46-68,69-47-21-5-22-48-69)79(66-41-15-2-16-42-66,67-43-17-3-18-44-67)81(70-49-23-6-24-50-70,71-51-25-7-26-52-71)83(84,74-57-31-10-32-58-74)75-59-33-11-34-60-75/h1-64H. The molecule has 0 heterocycles. The minimum Gasteiger partial charge on any atom is -0.0622 e. The first kappa shape index (κ1) is 52.0. The van der Waals surface area contributed by atoms with Crippen LogP contribution in [0.1, 0.15) is 66.8 Å². The molecule has 0 spiro atoms. The molecule has 1 fully saturated rings. The maximum atomic E-state index is 2.52. The van der Waals surface area contributed by atoms with Crippen molar-refractivity contribution in [2.75, 3.05) is 0 Å². The molecular weight excluding hydrogens is 1010 g/mol. The lowest BCUT2D eigenvalue weighted by Gasteiger charge is -2.83. The van der Waals surface area contributed by atoms with E-state index < -0.39 is 32.5 Å². The summed E-state index contributed by atoms with van der Waals surface area (Å²) in [5.74, 6) is 0. The lowest BCUT2D eigenvalue weighted by molar-refractivity contribution is -0.0569. The van der Waals surface area contributed by atoms with E-state index in [9.17, 15) is 0 Å². The molecule has 84 heavy (non-hydrogen) atoms. The molecule has 14 rings (SSSR count). The van der Waals surface area contributed by atoms with Gasteiger partial charge >= 0.3 is 0 Å². The Balaban J connectivity index is 1.53. The van der Waals surface area contributed by atoms with E-state index in [0.29, 0.717) is 0 Å². The lowest BCUT2D eigenvalue weighted by atomic mass is 9.16. The van der Waals surface area contributed by atoms with Crippen molar-refractivity contribution in [2.45, 2.75) is 32.5 Å². The van der Waals surface area contributed by atoms with Gasteiger partial charge in [-0.2, -0.15) is 0 Å². The predicted molar refractivity (Wildman–Crippen MR) is 347 cm³/mol. The van der Waals surface area contributed by atoms with Gasteiger partial charge in [0, 0.05) is 0 Å². The molecular formula is C84H64. The molecule has 0 aliphatic heterocycles. The van der Waals surface area contributed by atoms with Crippen LogP contribution in [0.5, 0.6) is 0 Å². The highest BCUT2D eigenvalue weighted by atomic mass is 14.9. The molecule has 0 heteroatoms. The Kier molecular flexibility index (Phi) is 13.4. The van der Waals surface area contributed by atoms with Gasteiger partial charge in [-0.15, -0.1) is 0 Å². The highest BCUT2D eigenvalue weighted by molar-refractivity contribution is 5.86. The van der Waals surface area contributed by atoms with Crippen molar-refractivity contribution >= 4 is 0 Å². The predicted octanol–water partition coefficient (Wildman–Crippen LogP) is 19.6. The molecule has 0 N–H and O–H groups in total. The number of benzene rings is 13. The maximum absolute atomic E-state index is 2.52. The largest absolute Gasteiger partial charge is 0.0622 e. The molecule has 1 aliphatic carbocycles. The van der Waals surface area contributed by atoms with Crippen molar-refractivity contribution < 1.29 is 0 Å². The van der Waals surface area contributed by atoms with Gasteiger partial charge in [0.25, 0.3) is 0 Å². The highest BCUT2D eigenvalue weighted by Crippen LogP contribution is 2.87. The fraction of sp³-hybridized carbons (Fsp3) is 0.0714. The fourth-order valence-electron chi connectivity index (χ4n) is 17.1. The third-order valence-corrected chi connectivity index (χ3v) is 19.1. The second kappa shape index (κ2) is 21.6. The second-order valence-electron chi connectivity index (χ2n) is 22.4. The summed E-state index contributed by atoms with van der Waals surface area (Å²) in [6.07, 6.45) is 0. The van der Waals surface area contributed by atoms with Crippen molar-refractivity contribution in [3.8, 4) is 11.1 Å². The smallest absolute Gasteiger partial charge is 0.0507 e. The molecule has 400 valence electrons. The van der Waals surface area contributed by atoms with Gasteiger partial charge in [-0.1, -0.05) is 388 Å². The average Bonchev–Trinajstić information content (AvgIpc) is 0.601. The number of hydrogen-bond donors (Lipinski definition) is 0. The molecule has 1 aliphatic rings.